The van der Waals surface area contributed by atoms with E-state index in [4.69, 9.17) is 5.73 Å². The van der Waals surface area contributed by atoms with E-state index in [0.29, 0.717) is 17.7 Å². The number of hydrogen-bond acceptors (Lipinski definition) is 2. The van der Waals surface area contributed by atoms with E-state index < -0.39 is 5.91 Å². The van der Waals surface area contributed by atoms with Gasteiger partial charge >= 0.3 is 0 Å². The summed E-state index contributed by atoms with van der Waals surface area (Å²) in [5, 5.41) is 4.69. The number of aryl methyl sites for hydroxylation is 1. The summed E-state index contributed by atoms with van der Waals surface area (Å²) in [6.45, 7) is 2.51. The van der Waals surface area contributed by atoms with Crippen LogP contribution in [0.3, 0.4) is 0 Å². The van der Waals surface area contributed by atoms with Crippen molar-refractivity contribution in [1.82, 2.24) is 5.32 Å². The maximum Gasteiger partial charge on any atom is 0.251 e. The molecule has 3 rings (SSSR count). The molecule has 0 aliphatic rings. The second-order valence-electron chi connectivity index (χ2n) is 5.81. The Bertz CT molecular complexity index is 932. The van der Waals surface area contributed by atoms with Gasteiger partial charge in [-0.2, -0.15) is 0 Å². The number of carbonyl (C=O) groups is 2. The van der Waals surface area contributed by atoms with Crippen molar-refractivity contribution in [3.8, 4) is 0 Å². The average molecular weight is 318 g/mol. The Labute approximate surface area is 140 Å². The van der Waals surface area contributed by atoms with Crippen LogP contribution in [0.15, 0.2) is 60.7 Å². The van der Waals surface area contributed by atoms with Gasteiger partial charge in [0.1, 0.15) is 0 Å². The molecule has 0 atom stereocenters. The molecule has 4 heteroatoms. The highest BCUT2D eigenvalue weighted by Crippen LogP contribution is 2.18. The first-order chi connectivity index (χ1) is 11.5. The quantitative estimate of drug-likeness (QED) is 0.775. The summed E-state index contributed by atoms with van der Waals surface area (Å²) < 4.78 is 0. The van der Waals surface area contributed by atoms with Crippen LogP contribution in [0, 0.1) is 6.92 Å². The molecule has 0 fully saturated rings. The van der Waals surface area contributed by atoms with Crippen LogP contribution in [-0.2, 0) is 6.54 Å². The zero-order valence-electron chi connectivity index (χ0n) is 13.4. The minimum absolute atomic E-state index is 0.127. The molecule has 0 aliphatic heterocycles. The summed E-state index contributed by atoms with van der Waals surface area (Å²) in [6.07, 6.45) is 0. The third kappa shape index (κ3) is 3.43. The zero-order chi connectivity index (χ0) is 17.1. The highest BCUT2D eigenvalue weighted by atomic mass is 16.2. The molecule has 2 amide bonds. The fraction of sp³-hybridized carbons (Fsp3) is 0.100. The normalized spacial score (nSPS) is 10.5. The van der Waals surface area contributed by atoms with Gasteiger partial charge in [0.15, 0.2) is 0 Å². The Balaban J connectivity index is 1.77. The molecule has 0 saturated carbocycles. The fourth-order valence-corrected chi connectivity index (χ4v) is 2.65. The molecule has 0 radical (unpaired) electrons. The predicted octanol–water partition coefficient (Wildman–Crippen LogP) is 3.18. The molecule has 0 spiro atoms. The zero-order valence-corrected chi connectivity index (χ0v) is 13.4. The molecular weight excluding hydrogens is 300 g/mol. The number of nitrogens with two attached hydrogens (primary N) is 1. The molecule has 24 heavy (non-hydrogen) atoms. The second-order valence-corrected chi connectivity index (χ2v) is 5.81. The van der Waals surface area contributed by atoms with E-state index in [1.54, 1.807) is 24.3 Å². The highest BCUT2D eigenvalue weighted by Gasteiger charge is 2.08. The van der Waals surface area contributed by atoms with Crippen molar-refractivity contribution >= 4 is 22.6 Å². The number of hydrogen-bond donors (Lipinski definition) is 2. The van der Waals surface area contributed by atoms with Gasteiger partial charge in [-0.15, -0.1) is 0 Å². The van der Waals surface area contributed by atoms with Crippen LogP contribution in [0.1, 0.15) is 31.8 Å². The Hall–Kier alpha value is -3.14. The van der Waals surface area contributed by atoms with Crippen LogP contribution in [0.4, 0.5) is 0 Å². The monoisotopic (exact) mass is 318 g/mol. The average Bonchev–Trinajstić information content (AvgIpc) is 2.58. The number of benzene rings is 3. The third-order valence-electron chi connectivity index (χ3n) is 3.92. The summed E-state index contributed by atoms with van der Waals surface area (Å²) in [5.41, 5.74) is 8.56. The van der Waals surface area contributed by atoms with Gasteiger partial charge in [-0.3, -0.25) is 9.59 Å². The molecule has 120 valence electrons. The SMILES string of the molecule is Cc1cccc(CNC(=O)c2ccc3cc(C(N)=O)ccc3c2)c1. The topological polar surface area (TPSA) is 72.2 Å². The van der Waals surface area contributed by atoms with E-state index in [0.717, 1.165) is 21.9 Å². The standard InChI is InChI=1S/C20H18N2O2/c1-13-3-2-4-14(9-13)12-22-20(24)18-8-6-15-10-17(19(21)23)7-5-16(15)11-18/h2-11H,12H2,1H3,(H2,21,23)(H,22,24). The Morgan fingerprint density at radius 1 is 0.917 bits per heavy atom. The summed E-state index contributed by atoms with van der Waals surface area (Å²) in [6, 6.07) is 18.6. The molecular formula is C20H18N2O2. The third-order valence-corrected chi connectivity index (χ3v) is 3.92. The Morgan fingerprint density at radius 2 is 1.58 bits per heavy atom. The molecule has 0 aliphatic carbocycles. The summed E-state index contributed by atoms with van der Waals surface area (Å²) >= 11 is 0. The maximum absolute atomic E-state index is 12.3. The van der Waals surface area contributed by atoms with Gasteiger partial charge in [0, 0.05) is 17.7 Å². The highest BCUT2D eigenvalue weighted by molar-refractivity contribution is 6.01. The van der Waals surface area contributed by atoms with E-state index in [1.807, 2.05) is 43.3 Å². The lowest BCUT2D eigenvalue weighted by Crippen LogP contribution is -2.22. The Kier molecular flexibility index (Phi) is 4.29. The lowest BCUT2D eigenvalue weighted by Gasteiger charge is -2.08. The van der Waals surface area contributed by atoms with E-state index in [1.165, 1.54) is 0 Å². The van der Waals surface area contributed by atoms with Gasteiger partial charge in [-0.25, -0.2) is 0 Å². The van der Waals surface area contributed by atoms with E-state index in [9.17, 15) is 9.59 Å². The van der Waals surface area contributed by atoms with Crippen LogP contribution in [0.5, 0.6) is 0 Å². The molecule has 0 bridgehead atoms. The predicted molar refractivity (Wildman–Crippen MR) is 94.8 cm³/mol. The van der Waals surface area contributed by atoms with Crippen LogP contribution in [-0.4, -0.2) is 11.8 Å². The molecule has 0 heterocycles. The van der Waals surface area contributed by atoms with Gasteiger partial charge < -0.3 is 11.1 Å². The minimum atomic E-state index is -0.461. The number of fused-ring (bicyclic) bond motifs is 1. The number of primary amides is 1. The summed E-state index contributed by atoms with van der Waals surface area (Å²) in [7, 11) is 0. The van der Waals surface area contributed by atoms with Crippen molar-refractivity contribution in [2.45, 2.75) is 13.5 Å². The Morgan fingerprint density at radius 3 is 2.25 bits per heavy atom. The molecule has 3 N–H and O–H groups in total. The summed E-state index contributed by atoms with van der Waals surface area (Å²) in [4.78, 5) is 23.6. The first-order valence-corrected chi connectivity index (χ1v) is 7.70. The van der Waals surface area contributed by atoms with E-state index in [-0.39, 0.29) is 5.91 Å². The van der Waals surface area contributed by atoms with Crippen LogP contribution in [0.25, 0.3) is 10.8 Å². The van der Waals surface area contributed by atoms with Gasteiger partial charge in [-0.05, 0) is 47.5 Å². The number of carbonyl (C=O) groups excluding carboxylic acids is 2. The van der Waals surface area contributed by atoms with Gasteiger partial charge in [0.25, 0.3) is 5.91 Å². The second kappa shape index (κ2) is 6.54. The van der Waals surface area contributed by atoms with Crippen LogP contribution in [0.2, 0.25) is 0 Å². The molecule has 0 saturated heterocycles. The minimum Gasteiger partial charge on any atom is -0.366 e. The molecule has 4 nitrogen and oxygen atoms in total. The number of rotatable bonds is 4. The molecule has 3 aromatic rings. The molecule has 0 unspecified atom stereocenters. The van der Waals surface area contributed by atoms with Crippen molar-refractivity contribution in [3.63, 3.8) is 0 Å². The van der Waals surface area contributed by atoms with E-state index in [2.05, 4.69) is 5.32 Å². The van der Waals surface area contributed by atoms with Crippen LogP contribution < -0.4 is 11.1 Å². The largest absolute Gasteiger partial charge is 0.366 e. The fourth-order valence-electron chi connectivity index (χ4n) is 2.65. The lowest BCUT2D eigenvalue weighted by atomic mass is 10.0. The first kappa shape index (κ1) is 15.7. The van der Waals surface area contributed by atoms with Crippen molar-refractivity contribution in [3.05, 3.63) is 82.9 Å². The van der Waals surface area contributed by atoms with Crippen molar-refractivity contribution in [2.75, 3.05) is 0 Å². The first-order valence-electron chi connectivity index (χ1n) is 7.70. The van der Waals surface area contributed by atoms with Crippen molar-refractivity contribution in [1.29, 1.82) is 0 Å². The summed E-state index contributed by atoms with van der Waals surface area (Å²) in [5.74, 6) is -0.589. The van der Waals surface area contributed by atoms with Gasteiger partial charge in [0.05, 0.1) is 0 Å². The number of nitrogens with one attached hydrogen (secondary N) is 1. The smallest absolute Gasteiger partial charge is 0.251 e. The van der Waals surface area contributed by atoms with Crippen molar-refractivity contribution in [2.24, 2.45) is 5.73 Å². The van der Waals surface area contributed by atoms with Gasteiger partial charge in [-0.1, -0.05) is 42.0 Å². The molecule has 0 aromatic heterocycles. The lowest BCUT2D eigenvalue weighted by molar-refractivity contribution is 0.0949. The van der Waals surface area contributed by atoms with Crippen LogP contribution >= 0.6 is 0 Å². The van der Waals surface area contributed by atoms with E-state index >= 15 is 0 Å². The van der Waals surface area contributed by atoms with Gasteiger partial charge in [0.2, 0.25) is 5.91 Å². The van der Waals surface area contributed by atoms with Crippen molar-refractivity contribution < 1.29 is 9.59 Å². The number of amides is 2. The maximum atomic E-state index is 12.3. The molecule has 3 aromatic carbocycles.